The molecule has 2 aliphatic heterocycles. The lowest BCUT2D eigenvalue weighted by Gasteiger charge is -2.51. The molecule has 0 spiro atoms. The van der Waals surface area contributed by atoms with Crippen LogP contribution in [0.25, 0.3) is 0 Å². The SMILES string of the molecule is CC[C@]12CC[C@H](CS(=O)(=O)c3ccccc3)N1C(C)(C)COC2=O. The summed E-state index contributed by atoms with van der Waals surface area (Å²) in [6.45, 7) is 6.33. The number of fused-ring (bicyclic) bond motifs is 1. The molecule has 3 rings (SSSR count). The third-order valence-corrected chi connectivity index (χ3v) is 7.22. The Morgan fingerprint density at radius 1 is 1.25 bits per heavy atom. The van der Waals surface area contributed by atoms with Gasteiger partial charge in [-0.25, -0.2) is 8.42 Å². The summed E-state index contributed by atoms with van der Waals surface area (Å²) in [7, 11) is -3.39. The number of esters is 1. The number of nitrogens with zero attached hydrogens (tertiary/aromatic N) is 1. The third-order valence-electron chi connectivity index (χ3n) is 5.41. The van der Waals surface area contributed by atoms with Crippen LogP contribution in [0.1, 0.15) is 40.0 Å². The van der Waals surface area contributed by atoms with Crippen LogP contribution >= 0.6 is 0 Å². The van der Waals surface area contributed by atoms with Gasteiger partial charge in [-0.15, -0.1) is 0 Å². The number of rotatable bonds is 4. The van der Waals surface area contributed by atoms with Gasteiger partial charge in [0.05, 0.1) is 16.2 Å². The molecule has 0 saturated carbocycles. The molecule has 0 bridgehead atoms. The minimum atomic E-state index is -3.39. The van der Waals surface area contributed by atoms with Gasteiger partial charge >= 0.3 is 5.97 Å². The van der Waals surface area contributed by atoms with E-state index in [4.69, 9.17) is 4.74 Å². The van der Waals surface area contributed by atoms with Crippen molar-refractivity contribution in [2.75, 3.05) is 12.4 Å². The summed E-state index contributed by atoms with van der Waals surface area (Å²) in [5, 5.41) is 0. The lowest BCUT2D eigenvalue weighted by molar-refractivity contribution is -0.183. The summed E-state index contributed by atoms with van der Waals surface area (Å²) >= 11 is 0. The Labute approximate surface area is 143 Å². The second kappa shape index (κ2) is 5.85. The van der Waals surface area contributed by atoms with Crippen molar-refractivity contribution in [3.8, 4) is 0 Å². The maximum Gasteiger partial charge on any atom is 0.326 e. The van der Waals surface area contributed by atoms with E-state index in [0.717, 1.165) is 0 Å². The predicted molar refractivity (Wildman–Crippen MR) is 91.4 cm³/mol. The predicted octanol–water partition coefficient (Wildman–Crippen LogP) is 2.41. The fraction of sp³-hybridized carbons (Fsp3) is 0.611. The molecule has 0 unspecified atom stereocenters. The average molecular weight is 351 g/mol. The van der Waals surface area contributed by atoms with Gasteiger partial charge in [0, 0.05) is 6.04 Å². The molecular weight excluding hydrogens is 326 g/mol. The molecule has 2 aliphatic rings. The fourth-order valence-corrected chi connectivity index (χ4v) is 5.94. The van der Waals surface area contributed by atoms with Crippen molar-refractivity contribution < 1.29 is 17.9 Å². The molecule has 132 valence electrons. The molecule has 0 aliphatic carbocycles. The molecule has 2 fully saturated rings. The van der Waals surface area contributed by atoms with E-state index >= 15 is 0 Å². The molecule has 0 amide bonds. The van der Waals surface area contributed by atoms with Crippen LogP contribution in [0.3, 0.4) is 0 Å². The average Bonchev–Trinajstić information content (AvgIpc) is 2.93. The van der Waals surface area contributed by atoms with E-state index in [1.54, 1.807) is 30.3 Å². The van der Waals surface area contributed by atoms with E-state index in [0.29, 0.717) is 30.8 Å². The minimum absolute atomic E-state index is 0.0372. The smallest absolute Gasteiger partial charge is 0.326 e. The van der Waals surface area contributed by atoms with Gasteiger partial charge in [0.15, 0.2) is 9.84 Å². The summed E-state index contributed by atoms with van der Waals surface area (Å²) in [5.74, 6) is -0.168. The van der Waals surface area contributed by atoms with Crippen LogP contribution in [0.5, 0.6) is 0 Å². The van der Waals surface area contributed by atoms with E-state index in [1.165, 1.54) is 0 Å². The van der Waals surface area contributed by atoms with Crippen molar-refractivity contribution in [1.82, 2.24) is 4.90 Å². The molecule has 0 N–H and O–H groups in total. The fourth-order valence-electron chi connectivity index (χ4n) is 4.35. The van der Waals surface area contributed by atoms with Crippen LogP contribution in [-0.2, 0) is 19.4 Å². The molecule has 2 heterocycles. The van der Waals surface area contributed by atoms with Crippen LogP contribution in [-0.4, -0.2) is 48.8 Å². The first kappa shape index (κ1) is 17.4. The van der Waals surface area contributed by atoms with Crippen molar-refractivity contribution in [1.29, 1.82) is 0 Å². The topological polar surface area (TPSA) is 63.7 Å². The number of cyclic esters (lactones) is 1. The second-order valence-corrected chi connectivity index (χ2v) is 9.46. The van der Waals surface area contributed by atoms with Gasteiger partial charge in [-0.2, -0.15) is 0 Å². The van der Waals surface area contributed by atoms with Crippen molar-refractivity contribution >= 4 is 15.8 Å². The summed E-state index contributed by atoms with van der Waals surface area (Å²) in [6, 6.07) is 8.37. The molecular formula is C18H25NO4S. The normalized spacial score (nSPS) is 30.0. The first-order valence-electron chi connectivity index (χ1n) is 8.47. The number of hydrogen-bond acceptors (Lipinski definition) is 5. The van der Waals surface area contributed by atoms with Crippen molar-refractivity contribution in [2.45, 2.75) is 62.0 Å². The Balaban J connectivity index is 1.94. The zero-order valence-electron chi connectivity index (χ0n) is 14.5. The number of benzene rings is 1. The second-order valence-electron chi connectivity index (χ2n) is 7.43. The number of carbonyl (C=O) groups is 1. The zero-order chi connectivity index (χ0) is 17.6. The molecule has 24 heavy (non-hydrogen) atoms. The largest absolute Gasteiger partial charge is 0.462 e. The first-order valence-corrected chi connectivity index (χ1v) is 10.1. The Bertz CT molecular complexity index is 729. The van der Waals surface area contributed by atoms with E-state index < -0.39 is 15.4 Å². The van der Waals surface area contributed by atoms with Gasteiger partial charge in [-0.05, 0) is 45.2 Å². The molecule has 0 aromatic heterocycles. The summed E-state index contributed by atoms with van der Waals surface area (Å²) < 4.78 is 31.0. The number of hydrogen-bond donors (Lipinski definition) is 0. The molecule has 1 aromatic carbocycles. The van der Waals surface area contributed by atoms with E-state index in [2.05, 4.69) is 4.90 Å². The highest BCUT2D eigenvalue weighted by molar-refractivity contribution is 7.91. The molecule has 2 atom stereocenters. The van der Waals surface area contributed by atoms with Gasteiger partial charge in [0.2, 0.25) is 0 Å². The maximum absolute atomic E-state index is 12.8. The van der Waals surface area contributed by atoms with E-state index in [1.807, 2.05) is 20.8 Å². The Kier molecular flexibility index (Phi) is 4.24. The van der Waals surface area contributed by atoms with Crippen molar-refractivity contribution in [3.05, 3.63) is 30.3 Å². The number of morpholine rings is 1. The lowest BCUT2D eigenvalue weighted by Crippen LogP contribution is -2.67. The number of sulfone groups is 1. The van der Waals surface area contributed by atoms with Crippen molar-refractivity contribution in [3.63, 3.8) is 0 Å². The van der Waals surface area contributed by atoms with Gasteiger partial charge in [-0.1, -0.05) is 25.1 Å². The monoisotopic (exact) mass is 351 g/mol. The summed E-state index contributed by atoms with van der Waals surface area (Å²) in [5.41, 5.74) is -1.05. The van der Waals surface area contributed by atoms with Gasteiger partial charge < -0.3 is 4.74 Å². The Morgan fingerprint density at radius 3 is 2.54 bits per heavy atom. The summed E-state index contributed by atoms with van der Waals surface area (Å²) in [6.07, 6.45) is 1.98. The van der Waals surface area contributed by atoms with Gasteiger partial charge in [-0.3, -0.25) is 9.69 Å². The van der Waals surface area contributed by atoms with Crippen LogP contribution < -0.4 is 0 Å². The summed E-state index contributed by atoms with van der Waals surface area (Å²) in [4.78, 5) is 15.0. The highest BCUT2D eigenvalue weighted by Gasteiger charge is 2.60. The number of carbonyl (C=O) groups excluding carboxylic acids is 1. The van der Waals surface area contributed by atoms with Crippen molar-refractivity contribution in [2.24, 2.45) is 0 Å². The molecule has 5 nitrogen and oxygen atoms in total. The highest BCUT2D eigenvalue weighted by Crippen LogP contribution is 2.46. The van der Waals surface area contributed by atoms with Crippen LogP contribution in [0, 0.1) is 0 Å². The van der Waals surface area contributed by atoms with Crippen LogP contribution in [0.15, 0.2) is 35.2 Å². The molecule has 1 aromatic rings. The molecule has 6 heteroatoms. The highest BCUT2D eigenvalue weighted by atomic mass is 32.2. The van der Waals surface area contributed by atoms with E-state index in [9.17, 15) is 13.2 Å². The molecule has 2 saturated heterocycles. The van der Waals surface area contributed by atoms with Gasteiger partial charge in [0.25, 0.3) is 0 Å². The Hall–Kier alpha value is -1.40. The first-order chi connectivity index (χ1) is 11.2. The third kappa shape index (κ3) is 2.65. The molecule has 0 radical (unpaired) electrons. The zero-order valence-corrected chi connectivity index (χ0v) is 15.3. The van der Waals surface area contributed by atoms with Crippen LogP contribution in [0.2, 0.25) is 0 Å². The van der Waals surface area contributed by atoms with Crippen LogP contribution in [0.4, 0.5) is 0 Å². The standard InChI is InChI=1S/C18H25NO4S/c1-4-18-11-10-14(19(18)17(2,3)13-23-16(18)20)12-24(21,22)15-8-6-5-7-9-15/h5-9,14H,4,10-13H2,1-3H3/t14-,18-/m1/s1. The lowest BCUT2D eigenvalue weighted by atomic mass is 9.86. The van der Waals surface area contributed by atoms with E-state index in [-0.39, 0.29) is 23.3 Å². The van der Waals surface area contributed by atoms with Gasteiger partial charge in [0.1, 0.15) is 12.1 Å². The quantitative estimate of drug-likeness (QED) is 0.780. The number of ether oxygens (including phenoxy) is 1. The Morgan fingerprint density at radius 2 is 1.92 bits per heavy atom. The maximum atomic E-state index is 12.8. The minimum Gasteiger partial charge on any atom is -0.462 e.